The summed E-state index contributed by atoms with van der Waals surface area (Å²) in [5, 5.41) is 13.0. The molecule has 21 heavy (non-hydrogen) atoms. The maximum Gasteiger partial charge on any atom is 0.115 e. The van der Waals surface area contributed by atoms with Gasteiger partial charge in [-0.05, 0) is 82.4 Å². The maximum atomic E-state index is 9.28. The Bertz CT molecular complexity index is 396. The zero-order valence-corrected chi connectivity index (χ0v) is 13.5. The molecule has 0 saturated carbocycles. The van der Waals surface area contributed by atoms with Crippen LogP contribution in [-0.4, -0.2) is 42.2 Å². The summed E-state index contributed by atoms with van der Waals surface area (Å²) in [6.45, 7) is 9.40. The minimum atomic E-state index is 0.346. The molecule has 1 aromatic rings. The first-order valence-electron chi connectivity index (χ1n) is 8.42. The van der Waals surface area contributed by atoms with Crippen molar-refractivity contribution in [2.75, 3.05) is 26.2 Å². The van der Waals surface area contributed by atoms with E-state index in [0.717, 1.165) is 18.9 Å². The number of benzene rings is 1. The van der Waals surface area contributed by atoms with E-state index >= 15 is 0 Å². The predicted molar refractivity (Wildman–Crippen MR) is 88.7 cm³/mol. The van der Waals surface area contributed by atoms with Gasteiger partial charge in [0.15, 0.2) is 0 Å². The second-order valence-electron chi connectivity index (χ2n) is 6.34. The van der Waals surface area contributed by atoms with Gasteiger partial charge in [0.1, 0.15) is 5.75 Å². The van der Waals surface area contributed by atoms with E-state index in [1.165, 1.54) is 44.5 Å². The van der Waals surface area contributed by atoms with Crippen LogP contribution in [0.5, 0.6) is 5.75 Å². The van der Waals surface area contributed by atoms with E-state index in [4.69, 9.17) is 0 Å². The van der Waals surface area contributed by atoms with Crippen molar-refractivity contribution in [3.05, 3.63) is 29.8 Å². The average molecular weight is 290 g/mol. The fraction of sp³-hybridized carbons (Fsp3) is 0.667. The number of phenolic OH excluding ortho intramolecular Hbond substituents is 1. The Balaban J connectivity index is 1.65. The minimum Gasteiger partial charge on any atom is -0.508 e. The molecule has 3 nitrogen and oxygen atoms in total. The fourth-order valence-corrected chi connectivity index (χ4v) is 3.27. The standard InChI is InChI=1S/C18H30N2O/c1-3-12-20-13-9-17(10-14-20)15(2)19-11-8-16-4-6-18(21)7-5-16/h4-7,15,17,19,21H,3,8-14H2,1-2H3. The van der Waals surface area contributed by atoms with Crippen LogP contribution in [0, 0.1) is 5.92 Å². The molecule has 0 bridgehead atoms. The summed E-state index contributed by atoms with van der Waals surface area (Å²) in [5.74, 6) is 1.16. The maximum absolute atomic E-state index is 9.28. The molecule has 0 amide bonds. The lowest BCUT2D eigenvalue weighted by Gasteiger charge is -2.35. The Morgan fingerprint density at radius 1 is 1.24 bits per heavy atom. The molecular formula is C18H30N2O. The fourth-order valence-electron chi connectivity index (χ4n) is 3.27. The lowest BCUT2D eigenvalue weighted by atomic mass is 9.90. The highest BCUT2D eigenvalue weighted by molar-refractivity contribution is 5.25. The largest absolute Gasteiger partial charge is 0.508 e. The highest BCUT2D eigenvalue weighted by Crippen LogP contribution is 2.20. The SMILES string of the molecule is CCCN1CCC(C(C)NCCc2ccc(O)cc2)CC1. The lowest BCUT2D eigenvalue weighted by molar-refractivity contribution is 0.163. The number of aromatic hydroxyl groups is 1. The van der Waals surface area contributed by atoms with Gasteiger partial charge in [0, 0.05) is 6.04 Å². The van der Waals surface area contributed by atoms with Gasteiger partial charge in [-0.15, -0.1) is 0 Å². The Morgan fingerprint density at radius 3 is 2.52 bits per heavy atom. The Morgan fingerprint density at radius 2 is 1.90 bits per heavy atom. The summed E-state index contributed by atoms with van der Waals surface area (Å²) in [7, 11) is 0. The third-order valence-corrected chi connectivity index (χ3v) is 4.70. The molecule has 1 aliphatic rings. The van der Waals surface area contributed by atoms with Crippen LogP contribution in [0.2, 0.25) is 0 Å². The molecule has 1 aromatic carbocycles. The number of rotatable bonds is 7. The molecule has 3 heteroatoms. The number of hydrogen-bond acceptors (Lipinski definition) is 3. The smallest absolute Gasteiger partial charge is 0.115 e. The Labute approximate surface area is 129 Å². The van der Waals surface area contributed by atoms with Crippen LogP contribution in [-0.2, 0) is 6.42 Å². The van der Waals surface area contributed by atoms with E-state index in [9.17, 15) is 5.11 Å². The van der Waals surface area contributed by atoms with Crippen LogP contribution < -0.4 is 5.32 Å². The molecule has 0 spiro atoms. The monoisotopic (exact) mass is 290 g/mol. The van der Waals surface area contributed by atoms with Gasteiger partial charge < -0.3 is 15.3 Å². The minimum absolute atomic E-state index is 0.346. The van der Waals surface area contributed by atoms with Crippen LogP contribution in [0.3, 0.4) is 0 Å². The first-order chi connectivity index (χ1) is 10.2. The van der Waals surface area contributed by atoms with Gasteiger partial charge in [-0.2, -0.15) is 0 Å². The number of hydrogen-bond donors (Lipinski definition) is 2. The van der Waals surface area contributed by atoms with E-state index in [0.29, 0.717) is 11.8 Å². The van der Waals surface area contributed by atoms with Gasteiger partial charge in [-0.1, -0.05) is 19.1 Å². The second kappa shape index (κ2) is 8.40. The van der Waals surface area contributed by atoms with Gasteiger partial charge in [0.05, 0.1) is 0 Å². The van der Waals surface area contributed by atoms with Gasteiger partial charge in [-0.25, -0.2) is 0 Å². The average Bonchev–Trinajstić information content (AvgIpc) is 2.50. The van der Waals surface area contributed by atoms with Crippen molar-refractivity contribution in [2.24, 2.45) is 5.92 Å². The molecule has 0 aliphatic carbocycles. The van der Waals surface area contributed by atoms with Gasteiger partial charge in [-0.3, -0.25) is 0 Å². The quantitative estimate of drug-likeness (QED) is 0.810. The van der Waals surface area contributed by atoms with Crippen LogP contribution in [0.4, 0.5) is 0 Å². The molecule has 0 aromatic heterocycles. The van der Waals surface area contributed by atoms with Gasteiger partial charge in [0.2, 0.25) is 0 Å². The molecule has 1 unspecified atom stereocenters. The molecule has 1 heterocycles. The van der Waals surface area contributed by atoms with E-state index in [-0.39, 0.29) is 0 Å². The topological polar surface area (TPSA) is 35.5 Å². The zero-order chi connectivity index (χ0) is 15.1. The van der Waals surface area contributed by atoms with Crippen LogP contribution in [0.25, 0.3) is 0 Å². The summed E-state index contributed by atoms with van der Waals surface area (Å²) in [6.07, 6.45) is 4.95. The zero-order valence-electron chi connectivity index (χ0n) is 13.5. The summed E-state index contributed by atoms with van der Waals surface area (Å²) >= 11 is 0. The molecular weight excluding hydrogens is 260 g/mol. The van der Waals surface area contributed by atoms with E-state index in [1.807, 2.05) is 12.1 Å². The number of phenols is 1. The van der Waals surface area contributed by atoms with Crippen LogP contribution >= 0.6 is 0 Å². The lowest BCUT2D eigenvalue weighted by Crippen LogP contribution is -2.42. The summed E-state index contributed by atoms with van der Waals surface area (Å²) in [6, 6.07) is 8.14. The van der Waals surface area contributed by atoms with Crippen molar-refractivity contribution < 1.29 is 5.11 Å². The number of nitrogens with one attached hydrogen (secondary N) is 1. The van der Waals surface area contributed by atoms with Crippen molar-refractivity contribution in [3.63, 3.8) is 0 Å². The number of nitrogens with zero attached hydrogens (tertiary/aromatic N) is 1. The van der Waals surface area contributed by atoms with Crippen LogP contribution in [0.15, 0.2) is 24.3 Å². The second-order valence-corrected chi connectivity index (χ2v) is 6.34. The van der Waals surface area contributed by atoms with Crippen molar-refractivity contribution >= 4 is 0 Å². The molecule has 1 aliphatic heterocycles. The molecule has 2 N–H and O–H groups in total. The van der Waals surface area contributed by atoms with Crippen LogP contribution in [0.1, 0.15) is 38.7 Å². The molecule has 1 fully saturated rings. The number of piperidine rings is 1. The Hall–Kier alpha value is -1.06. The summed E-state index contributed by atoms with van der Waals surface area (Å²) < 4.78 is 0. The first kappa shape index (κ1) is 16.3. The first-order valence-corrected chi connectivity index (χ1v) is 8.42. The molecule has 118 valence electrons. The van der Waals surface area contributed by atoms with Crippen molar-refractivity contribution in [1.29, 1.82) is 0 Å². The normalized spacial score (nSPS) is 18.8. The molecule has 0 radical (unpaired) electrons. The van der Waals surface area contributed by atoms with Gasteiger partial charge >= 0.3 is 0 Å². The third-order valence-electron chi connectivity index (χ3n) is 4.70. The van der Waals surface area contributed by atoms with E-state index in [1.54, 1.807) is 12.1 Å². The predicted octanol–water partition coefficient (Wildman–Crippen LogP) is 3.03. The number of likely N-dealkylation sites (tertiary alicyclic amines) is 1. The van der Waals surface area contributed by atoms with E-state index in [2.05, 4.69) is 24.1 Å². The summed E-state index contributed by atoms with van der Waals surface area (Å²) in [4.78, 5) is 2.60. The van der Waals surface area contributed by atoms with E-state index < -0.39 is 0 Å². The molecule has 1 atom stereocenters. The third kappa shape index (κ3) is 5.33. The molecule has 1 saturated heterocycles. The van der Waals surface area contributed by atoms with Crippen molar-refractivity contribution in [3.8, 4) is 5.75 Å². The Kier molecular flexibility index (Phi) is 6.52. The van der Waals surface area contributed by atoms with Crippen molar-refractivity contribution in [1.82, 2.24) is 10.2 Å². The molecule has 2 rings (SSSR count). The van der Waals surface area contributed by atoms with Gasteiger partial charge in [0.25, 0.3) is 0 Å². The highest BCUT2D eigenvalue weighted by atomic mass is 16.3. The highest BCUT2D eigenvalue weighted by Gasteiger charge is 2.22. The van der Waals surface area contributed by atoms with Crippen molar-refractivity contribution in [2.45, 2.75) is 45.6 Å². The summed E-state index contributed by atoms with van der Waals surface area (Å²) in [5.41, 5.74) is 1.28.